The molecule has 0 amide bonds. The molecule has 0 fully saturated rings. The van der Waals surface area contributed by atoms with Crippen molar-refractivity contribution in [3.63, 3.8) is 0 Å². The van der Waals surface area contributed by atoms with Gasteiger partial charge in [-0.3, -0.25) is 4.79 Å². The lowest BCUT2D eigenvalue weighted by atomic mass is 9.77. The minimum Gasteiger partial charge on any atom is -0.490 e. The first-order valence-corrected chi connectivity index (χ1v) is 7.83. The van der Waals surface area contributed by atoms with E-state index in [1.165, 1.54) is 0 Å². The highest BCUT2D eigenvalue weighted by molar-refractivity contribution is 5.99. The third-order valence-corrected chi connectivity index (χ3v) is 4.19. The Balaban J connectivity index is 2.02. The van der Waals surface area contributed by atoms with Crippen molar-refractivity contribution in [3.05, 3.63) is 65.3 Å². The topological polar surface area (TPSA) is 85.3 Å². The van der Waals surface area contributed by atoms with E-state index in [1.54, 1.807) is 6.08 Å². The molecule has 0 saturated heterocycles. The molecule has 122 valence electrons. The van der Waals surface area contributed by atoms with Gasteiger partial charge < -0.3 is 15.2 Å². The largest absolute Gasteiger partial charge is 0.490 e. The molecular weight excluding hydrogens is 304 g/mol. The molecule has 1 aromatic carbocycles. The van der Waals surface area contributed by atoms with Crippen LogP contribution in [0.5, 0.6) is 5.75 Å². The Morgan fingerprint density at radius 2 is 2.12 bits per heavy atom. The fourth-order valence-corrected chi connectivity index (χ4v) is 3.10. The minimum atomic E-state index is -0.472. The highest BCUT2D eigenvalue weighted by Crippen LogP contribution is 2.43. The maximum absolute atomic E-state index is 12.4. The Morgan fingerprint density at radius 1 is 1.38 bits per heavy atom. The van der Waals surface area contributed by atoms with Crippen LogP contribution in [0.2, 0.25) is 0 Å². The second-order valence-corrected chi connectivity index (χ2v) is 5.71. The fourth-order valence-electron chi connectivity index (χ4n) is 3.10. The molecule has 0 radical (unpaired) electrons. The zero-order chi connectivity index (χ0) is 17.1. The van der Waals surface area contributed by atoms with Gasteiger partial charge in [-0.05, 0) is 24.1 Å². The smallest absolute Gasteiger partial charge is 0.205 e. The van der Waals surface area contributed by atoms with E-state index in [4.69, 9.17) is 15.2 Å². The van der Waals surface area contributed by atoms with Crippen molar-refractivity contribution < 1.29 is 14.3 Å². The van der Waals surface area contributed by atoms with Crippen LogP contribution in [0, 0.1) is 11.3 Å². The Labute approximate surface area is 140 Å². The highest BCUT2D eigenvalue weighted by atomic mass is 16.5. The van der Waals surface area contributed by atoms with Gasteiger partial charge in [-0.25, -0.2) is 0 Å². The zero-order valence-electron chi connectivity index (χ0n) is 13.2. The molecule has 24 heavy (non-hydrogen) atoms. The van der Waals surface area contributed by atoms with E-state index in [1.807, 2.05) is 24.3 Å². The summed E-state index contributed by atoms with van der Waals surface area (Å²) in [6, 6.07) is 9.43. The van der Waals surface area contributed by atoms with Crippen molar-refractivity contribution in [1.29, 1.82) is 5.26 Å². The van der Waals surface area contributed by atoms with Gasteiger partial charge in [0, 0.05) is 18.4 Å². The lowest BCUT2D eigenvalue weighted by molar-refractivity contribution is -0.116. The van der Waals surface area contributed by atoms with Crippen molar-refractivity contribution in [2.45, 2.75) is 25.2 Å². The van der Waals surface area contributed by atoms with E-state index in [9.17, 15) is 10.1 Å². The molecular formula is C19H18N2O3. The Kier molecular flexibility index (Phi) is 4.39. The number of hydrogen-bond acceptors (Lipinski definition) is 5. The Hall–Kier alpha value is -3.00. The number of nitrogens with zero attached hydrogens (tertiary/aromatic N) is 1. The number of ether oxygens (including phenoxy) is 2. The summed E-state index contributed by atoms with van der Waals surface area (Å²) >= 11 is 0. The van der Waals surface area contributed by atoms with Crippen molar-refractivity contribution in [1.82, 2.24) is 0 Å². The molecule has 0 saturated carbocycles. The summed E-state index contributed by atoms with van der Waals surface area (Å²) in [5.74, 6) is 0.932. The molecule has 0 aromatic heterocycles. The predicted molar refractivity (Wildman–Crippen MR) is 88.7 cm³/mol. The lowest BCUT2D eigenvalue weighted by Crippen LogP contribution is -2.27. The van der Waals surface area contributed by atoms with Gasteiger partial charge in [0.05, 0.1) is 5.92 Å². The molecule has 1 heterocycles. The standard InChI is InChI=1S/C19H18N2O3/c1-2-10-23-13-8-6-12(7-9-13)17-14(11-20)19(21)24-16-5-3-4-15(22)18(16)17/h2,6-9,17H,1,3-5,10,21H2/t17-/m0/s1. The fraction of sp³-hybridized carbons (Fsp3) is 0.263. The van der Waals surface area contributed by atoms with E-state index in [2.05, 4.69) is 12.6 Å². The van der Waals surface area contributed by atoms with Crippen LogP contribution >= 0.6 is 0 Å². The SMILES string of the molecule is C=CCOc1ccc([C@H]2C(C#N)=C(N)OC3=C2C(=O)CCC3)cc1. The number of Topliss-reactive ketones (excluding diaryl/α,β-unsaturated/α-hetero) is 1. The second kappa shape index (κ2) is 6.63. The molecule has 5 heteroatoms. The van der Waals surface area contributed by atoms with E-state index in [0.29, 0.717) is 36.5 Å². The van der Waals surface area contributed by atoms with Gasteiger partial charge in [-0.2, -0.15) is 5.26 Å². The number of carbonyl (C=O) groups is 1. The number of benzene rings is 1. The molecule has 5 nitrogen and oxygen atoms in total. The average molecular weight is 322 g/mol. The van der Waals surface area contributed by atoms with Crippen LogP contribution < -0.4 is 10.5 Å². The molecule has 1 aliphatic carbocycles. The van der Waals surface area contributed by atoms with Gasteiger partial charge in [0.15, 0.2) is 5.78 Å². The first-order valence-electron chi connectivity index (χ1n) is 7.83. The van der Waals surface area contributed by atoms with Crippen LogP contribution in [0.1, 0.15) is 30.7 Å². The van der Waals surface area contributed by atoms with Crippen LogP contribution in [-0.2, 0) is 9.53 Å². The molecule has 3 rings (SSSR count). The number of nitrogens with two attached hydrogens (primary N) is 1. The summed E-state index contributed by atoms with van der Waals surface area (Å²) in [5, 5.41) is 9.50. The molecule has 1 aliphatic heterocycles. The van der Waals surface area contributed by atoms with Crippen LogP contribution in [0.3, 0.4) is 0 Å². The number of rotatable bonds is 4. The number of ketones is 1. The molecule has 0 bridgehead atoms. The summed E-state index contributed by atoms with van der Waals surface area (Å²) in [6.07, 6.45) is 3.55. The molecule has 1 atom stereocenters. The van der Waals surface area contributed by atoms with Crippen LogP contribution in [0.15, 0.2) is 59.7 Å². The lowest BCUT2D eigenvalue weighted by Gasteiger charge is -2.31. The first-order chi connectivity index (χ1) is 11.7. The Bertz CT molecular complexity index is 782. The summed E-state index contributed by atoms with van der Waals surface area (Å²) in [4.78, 5) is 12.4. The van der Waals surface area contributed by atoms with E-state index in [-0.39, 0.29) is 17.2 Å². The van der Waals surface area contributed by atoms with Gasteiger partial charge in [0.2, 0.25) is 5.88 Å². The Morgan fingerprint density at radius 3 is 2.79 bits per heavy atom. The number of nitriles is 1. The van der Waals surface area contributed by atoms with Crippen LogP contribution in [-0.4, -0.2) is 12.4 Å². The summed E-state index contributed by atoms with van der Waals surface area (Å²) < 4.78 is 11.0. The maximum Gasteiger partial charge on any atom is 0.205 e. The van der Waals surface area contributed by atoms with E-state index < -0.39 is 5.92 Å². The predicted octanol–water partition coefficient (Wildman–Crippen LogP) is 3.07. The molecule has 2 aliphatic rings. The van der Waals surface area contributed by atoms with Gasteiger partial charge in [-0.1, -0.05) is 24.8 Å². The van der Waals surface area contributed by atoms with Crippen molar-refractivity contribution in [3.8, 4) is 11.8 Å². The van der Waals surface area contributed by atoms with E-state index in [0.717, 1.165) is 12.0 Å². The molecule has 1 aromatic rings. The third kappa shape index (κ3) is 2.79. The molecule has 0 unspecified atom stereocenters. The van der Waals surface area contributed by atoms with Gasteiger partial charge >= 0.3 is 0 Å². The molecule has 0 spiro atoms. The van der Waals surface area contributed by atoms with Crippen LogP contribution in [0.25, 0.3) is 0 Å². The normalized spacial score (nSPS) is 20.1. The van der Waals surface area contributed by atoms with Crippen molar-refractivity contribution in [2.24, 2.45) is 5.73 Å². The minimum absolute atomic E-state index is 0.0217. The quantitative estimate of drug-likeness (QED) is 0.861. The highest BCUT2D eigenvalue weighted by Gasteiger charge is 2.37. The average Bonchev–Trinajstić information content (AvgIpc) is 2.59. The summed E-state index contributed by atoms with van der Waals surface area (Å²) in [6.45, 7) is 4.03. The first kappa shape index (κ1) is 15.9. The summed E-state index contributed by atoms with van der Waals surface area (Å²) in [5.41, 5.74) is 7.59. The van der Waals surface area contributed by atoms with Gasteiger partial charge in [0.25, 0.3) is 0 Å². The number of allylic oxidation sites excluding steroid dienone is 3. The number of carbonyl (C=O) groups excluding carboxylic acids is 1. The summed E-state index contributed by atoms with van der Waals surface area (Å²) in [7, 11) is 0. The van der Waals surface area contributed by atoms with Gasteiger partial charge in [0.1, 0.15) is 29.8 Å². The van der Waals surface area contributed by atoms with Crippen molar-refractivity contribution >= 4 is 5.78 Å². The second-order valence-electron chi connectivity index (χ2n) is 5.71. The third-order valence-electron chi connectivity index (χ3n) is 4.19. The van der Waals surface area contributed by atoms with Crippen molar-refractivity contribution in [2.75, 3.05) is 6.61 Å². The maximum atomic E-state index is 12.4. The van der Waals surface area contributed by atoms with E-state index >= 15 is 0 Å². The molecule has 2 N–H and O–H groups in total. The van der Waals surface area contributed by atoms with Gasteiger partial charge in [-0.15, -0.1) is 0 Å². The monoisotopic (exact) mass is 322 g/mol. The number of hydrogen-bond donors (Lipinski definition) is 1. The zero-order valence-corrected chi connectivity index (χ0v) is 13.2. The van der Waals surface area contributed by atoms with Crippen LogP contribution in [0.4, 0.5) is 0 Å².